The molecule has 1 aliphatic carbocycles. The molecule has 1 aliphatic rings. The summed E-state index contributed by atoms with van der Waals surface area (Å²) in [6, 6.07) is 10.2. The van der Waals surface area contributed by atoms with Crippen molar-refractivity contribution in [2.45, 2.75) is 26.7 Å². The van der Waals surface area contributed by atoms with E-state index in [-0.39, 0.29) is 11.2 Å². The average molecular weight is 229 g/mol. The first kappa shape index (κ1) is 11.9. The molecular weight excluding hydrogens is 210 g/mol. The summed E-state index contributed by atoms with van der Waals surface area (Å²) >= 11 is 0. The Morgan fingerprint density at radius 1 is 1.12 bits per heavy atom. The van der Waals surface area contributed by atoms with Crippen LogP contribution in [0, 0.1) is 5.41 Å². The first-order valence-electron chi connectivity index (χ1n) is 6.00. The highest BCUT2D eigenvalue weighted by atomic mass is 16.1. The summed E-state index contributed by atoms with van der Waals surface area (Å²) in [6.07, 6.45) is 3.39. The summed E-state index contributed by atoms with van der Waals surface area (Å²) in [4.78, 5) is 13.8. The molecule has 2 heteroatoms. The summed E-state index contributed by atoms with van der Waals surface area (Å²) in [6.45, 7) is 4.30. The zero-order valence-electron chi connectivity index (χ0n) is 10.7. The van der Waals surface area contributed by atoms with Gasteiger partial charge in [-0.15, -0.1) is 0 Å². The Labute approximate surface area is 103 Å². The van der Waals surface area contributed by atoms with E-state index in [1.165, 1.54) is 0 Å². The molecule has 2 nitrogen and oxygen atoms in total. The van der Waals surface area contributed by atoms with Crippen LogP contribution in [0.25, 0.3) is 0 Å². The average Bonchev–Trinajstić information content (AvgIpc) is 2.26. The zero-order valence-corrected chi connectivity index (χ0v) is 10.7. The number of hydrogen-bond acceptors (Lipinski definition) is 2. The van der Waals surface area contributed by atoms with E-state index in [0.717, 1.165) is 17.8 Å². The van der Waals surface area contributed by atoms with Crippen LogP contribution in [-0.2, 0) is 4.79 Å². The number of anilines is 1. The Bertz CT molecular complexity index is 445. The van der Waals surface area contributed by atoms with Gasteiger partial charge in [0.05, 0.1) is 0 Å². The fourth-order valence-electron chi connectivity index (χ4n) is 2.35. The molecule has 0 saturated heterocycles. The SMILES string of the molecule is CN(C1=CC(=O)CC(C)(C)C1)c1ccccc1. The molecule has 1 aromatic rings. The fraction of sp³-hybridized carbons (Fsp3) is 0.400. The van der Waals surface area contributed by atoms with E-state index < -0.39 is 0 Å². The number of carbonyl (C=O) groups excluding carboxylic acids is 1. The van der Waals surface area contributed by atoms with Crippen molar-refractivity contribution in [1.82, 2.24) is 0 Å². The number of rotatable bonds is 2. The van der Waals surface area contributed by atoms with Gasteiger partial charge in [0.25, 0.3) is 0 Å². The molecule has 0 heterocycles. The lowest BCUT2D eigenvalue weighted by Gasteiger charge is -2.33. The van der Waals surface area contributed by atoms with Crippen molar-refractivity contribution in [3.05, 3.63) is 42.1 Å². The quantitative estimate of drug-likeness (QED) is 0.774. The van der Waals surface area contributed by atoms with Gasteiger partial charge in [0.1, 0.15) is 0 Å². The Hall–Kier alpha value is -1.57. The molecule has 0 fully saturated rings. The van der Waals surface area contributed by atoms with Crippen LogP contribution < -0.4 is 4.90 Å². The highest BCUT2D eigenvalue weighted by molar-refractivity contribution is 5.92. The Balaban J connectivity index is 2.26. The highest BCUT2D eigenvalue weighted by Crippen LogP contribution is 2.35. The number of nitrogens with zero attached hydrogens (tertiary/aromatic N) is 1. The molecule has 0 aliphatic heterocycles. The molecule has 0 N–H and O–H groups in total. The number of hydrogen-bond donors (Lipinski definition) is 0. The molecule has 0 atom stereocenters. The predicted molar refractivity (Wildman–Crippen MR) is 71.0 cm³/mol. The lowest BCUT2D eigenvalue weighted by atomic mass is 9.78. The molecule has 0 radical (unpaired) electrons. The lowest BCUT2D eigenvalue weighted by Crippen LogP contribution is -2.29. The van der Waals surface area contributed by atoms with Crippen molar-refractivity contribution in [3.63, 3.8) is 0 Å². The molecule has 0 spiro atoms. The molecule has 0 aromatic heterocycles. The van der Waals surface area contributed by atoms with Gasteiger partial charge in [-0.3, -0.25) is 4.79 Å². The highest BCUT2D eigenvalue weighted by Gasteiger charge is 2.29. The van der Waals surface area contributed by atoms with E-state index in [2.05, 4.69) is 30.9 Å². The number of para-hydroxylation sites is 1. The second-order valence-corrected chi connectivity index (χ2v) is 5.51. The minimum absolute atomic E-state index is 0.0736. The Kier molecular flexibility index (Phi) is 3.05. The molecule has 90 valence electrons. The first-order chi connectivity index (χ1) is 7.98. The van der Waals surface area contributed by atoms with Crippen molar-refractivity contribution in [3.8, 4) is 0 Å². The van der Waals surface area contributed by atoms with Crippen LogP contribution in [0.3, 0.4) is 0 Å². The van der Waals surface area contributed by atoms with Crippen LogP contribution >= 0.6 is 0 Å². The molecule has 0 amide bonds. The van der Waals surface area contributed by atoms with Gasteiger partial charge < -0.3 is 4.90 Å². The maximum atomic E-state index is 11.7. The van der Waals surface area contributed by atoms with Crippen LogP contribution in [0.4, 0.5) is 5.69 Å². The Morgan fingerprint density at radius 2 is 1.76 bits per heavy atom. The predicted octanol–water partition coefficient (Wildman–Crippen LogP) is 3.40. The molecule has 1 aromatic carbocycles. The van der Waals surface area contributed by atoms with Crippen molar-refractivity contribution < 1.29 is 4.79 Å². The second kappa shape index (κ2) is 4.36. The van der Waals surface area contributed by atoms with Crippen LogP contribution in [0.1, 0.15) is 26.7 Å². The normalized spacial score (nSPS) is 18.8. The maximum absolute atomic E-state index is 11.7. The summed E-state index contributed by atoms with van der Waals surface area (Å²) in [7, 11) is 2.02. The number of ketones is 1. The minimum Gasteiger partial charge on any atom is -0.348 e. The van der Waals surface area contributed by atoms with Crippen LogP contribution in [0.15, 0.2) is 42.1 Å². The summed E-state index contributed by atoms with van der Waals surface area (Å²) in [5, 5.41) is 0. The van der Waals surface area contributed by atoms with Gasteiger partial charge in [-0.2, -0.15) is 0 Å². The summed E-state index contributed by atoms with van der Waals surface area (Å²) in [5.41, 5.74) is 2.31. The standard InChI is InChI=1S/C15H19NO/c1-15(2)10-13(9-14(17)11-15)16(3)12-7-5-4-6-8-12/h4-9H,10-11H2,1-3H3. The van der Waals surface area contributed by atoms with Crippen molar-refractivity contribution in [1.29, 1.82) is 0 Å². The zero-order chi connectivity index (χ0) is 12.5. The van der Waals surface area contributed by atoms with Crippen LogP contribution in [0.2, 0.25) is 0 Å². The van der Waals surface area contributed by atoms with Gasteiger partial charge in [-0.25, -0.2) is 0 Å². The van der Waals surface area contributed by atoms with Gasteiger partial charge in [-0.05, 0) is 24.0 Å². The molecule has 0 unspecified atom stereocenters. The van der Waals surface area contributed by atoms with Crippen LogP contribution in [-0.4, -0.2) is 12.8 Å². The third-order valence-electron chi connectivity index (χ3n) is 3.21. The smallest absolute Gasteiger partial charge is 0.157 e. The summed E-state index contributed by atoms with van der Waals surface area (Å²) in [5.74, 6) is 0.235. The van der Waals surface area contributed by atoms with Gasteiger partial charge in [0.2, 0.25) is 0 Å². The Morgan fingerprint density at radius 3 is 2.35 bits per heavy atom. The largest absolute Gasteiger partial charge is 0.348 e. The molecular formula is C15H19NO. The van der Waals surface area contributed by atoms with Gasteiger partial charge in [-0.1, -0.05) is 32.0 Å². The first-order valence-corrected chi connectivity index (χ1v) is 6.00. The second-order valence-electron chi connectivity index (χ2n) is 5.51. The third kappa shape index (κ3) is 2.76. The number of allylic oxidation sites excluding steroid dienone is 2. The van der Waals surface area contributed by atoms with Gasteiger partial charge >= 0.3 is 0 Å². The lowest BCUT2D eigenvalue weighted by molar-refractivity contribution is -0.117. The van der Waals surface area contributed by atoms with Crippen molar-refractivity contribution in [2.75, 3.05) is 11.9 Å². The van der Waals surface area contributed by atoms with E-state index in [9.17, 15) is 4.79 Å². The van der Waals surface area contributed by atoms with E-state index in [1.54, 1.807) is 6.08 Å². The van der Waals surface area contributed by atoms with E-state index in [1.807, 2.05) is 25.2 Å². The van der Waals surface area contributed by atoms with Gasteiger partial charge in [0, 0.05) is 30.9 Å². The minimum atomic E-state index is 0.0736. The molecule has 0 bridgehead atoms. The maximum Gasteiger partial charge on any atom is 0.157 e. The van der Waals surface area contributed by atoms with Crippen molar-refractivity contribution >= 4 is 11.5 Å². The van der Waals surface area contributed by atoms with E-state index >= 15 is 0 Å². The fourth-order valence-corrected chi connectivity index (χ4v) is 2.35. The van der Waals surface area contributed by atoms with E-state index in [4.69, 9.17) is 0 Å². The topological polar surface area (TPSA) is 20.3 Å². The molecule has 17 heavy (non-hydrogen) atoms. The number of carbonyl (C=O) groups is 1. The van der Waals surface area contributed by atoms with Gasteiger partial charge in [0.15, 0.2) is 5.78 Å². The van der Waals surface area contributed by atoms with E-state index in [0.29, 0.717) is 6.42 Å². The van der Waals surface area contributed by atoms with Crippen molar-refractivity contribution in [2.24, 2.45) is 5.41 Å². The monoisotopic (exact) mass is 229 g/mol. The summed E-state index contributed by atoms with van der Waals surface area (Å²) < 4.78 is 0. The molecule has 0 saturated carbocycles. The third-order valence-corrected chi connectivity index (χ3v) is 3.21. The number of benzene rings is 1. The van der Waals surface area contributed by atoms with Crippen LogP contribution in [0.5, 0.6) is 0 Å². The molecule has 2 rings (SSSR count).